The van der Waals surface area contributed by atoms with Crippen LogP contribution in [0.3, 0.4) is 0 Å². The van der Waals surface area contributed by atoms with E-state index >= 15 is 0 Å². The summed E-state index contributed by atoms with van der Waals surface area (Å²) in [7, 11) is 1.89. The third kappa shape index (κ3) is 2.80. The number of piperidine rings is 1. The third-order valence-electron chi connectivity index (χ3n) is 11.4. The van der Waals surface area contributed by atoms with Gasteiger partial charge in [-0.3, -0.25) is 4.90 Å². The summed E-state index contributed by atoms with van der Waals surface area (Å²) in [5.41, 5.74) is 4.41. The molecule has 1 saturated heterocycles. The molecule has 5 heteroatoms. The van der Waals surface area contributed by atoms with Crippen molar-refractivity contribution in [2.75, 3.05) is 26.8 Å². The molecule has 7 aliphatic rings. The molecule has 5 nitrogen and oxygen atoms in total. The Hall–Kier alpha value is -2.39. The number of likely N-dealkylation sites (tertiary alicyclic amines) is 1. The zero-order valence-corrected chi connectivity index (χ0v) is 21.7. The fraction of sp³-hybridized carbons (Fsp3) is 0.594. The van der Waals surface area contributed by atoms with Crippen LogP contribution in [0.25, 0.3) is 0 Å². The third-order valence-corrected chi connectivity index (χ3v) is 11.4. The van der Waals surface area contributed by atoms with Crippen LogP contribution in [0.1, 0.15) is 60.8 Å². The van der Waals surface area contributed by atoms with Crippen LogP contribution >= 0.6 is 0 Å². The number of ether oxygens (including phenoxy) is 3. The minimum absolute atomic E-state index is 0.0491. The van der Waals surface area contributed by atoms with Gasteiger partial charge in [0.25, 0.3) is 0 Å². The zero-order chi connectivity index (χ0) is 24.8. The molecule has 192 valence electrons. The van der Waals surface area contributed by atoms with Crippen LogP contribution in [0, 0.1) is 28.6 Å². The van der Waals surface area contributed by atoms with Gasteiger partial charge in [0.1, 0.15) is 23.5 Å². The Labute approximate surface area is 219 Å². The molecule has 0 aromatic heterocycles. The largest absolute Gasteiger partial charge is 0.485 e. The molecule has 2 spiro atoms. The predicted molar refractivity (Wildman–Crippen MR) is 139 cm³/mol. The normalized spacial score (nSPS) is 38.6. The Balaban J connectivity index is 1.23. The fourth-order valence-corrected chi connectivity index (χ4v) is 9.74. The van der Waals surface area contributed by atoms with E-state index in [1.807, 2.05) is 13.2 Å². The molecular weight excluding hydrogens is 460 g/mol. The van der Waals surface area contributed by atoms with Crippen LogP contribution in [0.5, 0.6) is 5.75 Å². The van der Waals surface area contributed by atoms with Gasteiger partial charge < -0.3 is 14.2 Å². The number of fused-ring (bicyclic) bond motifs is 2. The lowest BCUT2D eigenvalue weighted by Gasteiger charge is -2.74. The molecule has 2 aromatic rings. The number of hydrogen-bond donors (Lipinski definition) is 0. The molecular formula is C32H36N2O3. The van der Waals surface area contributed by atoms with Crippen molar-refractivity contribution in [2.24, 2.45) is 17.3 Å². The SMILES string of the molecule is COC12CCC3(C[C@@H]1COCc1ccccc1)[C@H]1Cc4ccc(C#N)c5c4C3(CCN1CC1CC1)[C@H]2O5. The molecule has 0 radical (unpaired) electrons. The topological polar surface area (TPSA) is 54.7 Å². The van der Waals surface area contributed by atoms with Gasteiger partial charge in [0.15, 0.2) is 0 Å². The fourth-order valence-electron chi connectivity index (χ4n) is 9.74. The Kier molecular flexibility index (Phi) is 4.77. The summed E-state index contributed by atoms with van der Waals surface area (Å²) in [6.45, 7) is 3.69. The summed E-state index contributed by atoms with van der Waals surface area (Å²) in [5, 5.41) is 10.0. The minimum Gasteiger partial charge on any atom is -0.485 e. The maximum atomic E-state index is 10.0. The van der Waals surface area contributed by atoms with E-state index < -0.39 is 0 Å². The summed E-state index contributed by atoms with van der Waals surface area (Å²) >= 11 is 0. The molecule has 6 atom stereocenters. The number of rotatable bonds is 7. The molecule has 37 heavy (non-hydrogen) atoms. The van der Waals surface area contributed by atoms with Crippen molar-refractivity contribution in [1.29, 1.82) is 5.26 Å². The first-order chi connectivity index (χ1) is 18.1. The van der Waals surface area contributed by atoms with E-state index in [4.69, 9.17) is 14.2 Å². The highest BCUT2D eigenvalue weighted by Gasteiger charge is 2.80. The van der Waals surface area contributed by atoms with Crippen LogP contribution in [0.15, 0.2) is 42.5 Å². The van der Waals surface area contributed by atoms with Crippen molar-refractivity contribution in [2.45, 2.75) is 74.7 Å². The van der Waals surface area contributed by atoms with Crippen LogP contribution < -0.4 is 4.74 Å². The molecule has 9 rings (SSSR count). The van der Waals surface area contributed by atoms with Gasteiger partial charge in [0.2, 0.25) is 0 Å². The van der Waals surface area contributed by atoms with E-state index in [2.05, 4.69) is 47.4 Å². The molecule has 2 heterocycles. The number of hydrogen-bond acceptors (Lipinski definition) is 5. The first-order valence-corrected chi connectivity index (χ1v) is 14.3. The van der Waals surface area contributed by atoms with Gasteiger partial charge >= 0.3 is 0 Å². The van der Waals surface area contributed by atoms with Crippen LogP contribution in [0.4, 0.5) is 0 Å². The van der Waals surface area contributed by atoms with Crippen LogP contribution in [0.2, 0.25) is 0 Å². The van der Waals surface area contributed by atoms with Crippen molar-refractivity contribution >= 4 is 0 Å². The van der Waals surface area contributed by atoms with Crippen molar-refractivity contribution < 1.29 is 14.2 Å². The van der Waals surface area contributed by atoms with E-state index in [1.54, 1.807) is 0 Å². The van der Waals surface area contributed by atoms with Gasteiger partial charge in [0.05, 0.1) is 18.8 Å². The lowest BCUT2D eigenvalue weighted by molar-refractivity contribution is -0.283. The van der Waals surface area contributed by atoms with Gasteiger partial charge in [-0.05, 0) is 74.6 Å². The first-order valence-electron chi connectivity index (χ1n) is 14.3. The minimum atomic E-state index is -0.387. The molecule has 2 aliphatic heterocycles. The highest BCUT2D eigenvalue weighted by atomic mass is 16.6. The number of nitriles is 1. The summed E-state index contributed by atoms with van der Waals surface area (Å²) in [4.78, 5) is 2.87. The number of benzene rings is 2. The van der Waals surface area contributed by atoms with Crippen LogP contribution in [-0.4, -0.2) is 49.5 Å². The van der Waals surface area contributed by atoms with Crippen LogP contribution in [-0.2, 0) is 27.9 Å². The van der Waals surface area contributed by atoms with Gasteiger partial charge in [-0.15, -0.1) is 0 Å². The Morgan fingerprint density at radius 2 is 1.97 bits per heavy atom. The van der Waals surface area contributed by atoms with Crippen molar-refractivity contribution in [3.8, 4) is 11.8 Å². The Morgan fingerprint density at radius 3 is 2.76 bits per heavy atom. The second kappa shape index (κ2) is 7.82. The summed E-state index contributed by atoms with van der Waals surface area (Å²) in [6, 6.07) is 17.7. The van der Waals surface area contributed by atoms with Gasteiger partial charge in [0, 0.05) is 42.0 Å². The van der Waals surface area contributed by atoms with E-state index in [9.17, 15) is 5.26 Å². The highest BCUT2D eigenvalue weighted by Crippen LogP contribution is 2.76. The quantitative estimate of drug-likeness (QED) is 0.540. The maximum Gasteiger partial charge on any atom is 0.141 e. The molecule has 5 fully saturated rings. The van der Waals surface area contributed by atoms with Gasteiger partial charge in [-0.1, -0.05) is 36.4 Å². The average Bonchev–Trinajstić information content (AvgIpc) is 3.68. The van der Waals surface area contributed by atoms with Crippen molar-refractivity contribution in [1.82, 2.24) is 4.90 Å². The van der Waals surface area contributed by atoms with Gasteiger partial charge in [-0.2, -0.15) is 5.26 Å². The summed E-state index contributed by atoms with van der Waals surface area (Å²) in [6.07, 6.45) is 8.23. The number of methoxy groups -OCH3 is 1. The second-order valence-corrected chi connectivity index (χ2v) is 12.7. The Morgan fingerprint density at radius 1 is 1.11 bits per heavy atom. The van der Waals surface area contributed by atoms with E-state index in [-0.39, 0.29) is 28.5 Å². The van der Waals surface area contributed by atoms with E-state index in [1.165, 1.54) is 42.5 Å². The van der Waals surface area contributed by atoms with Gasteiger partial charge in [-0.25, -0.2) is 0 Å². The smallest absolute Gasteiger partial charge is 0.141 e. The molecule has 0 amide bonds. The summed E-state index contributed by atoms with van der Waals surface area (Å²) < 4.78 is 20.1. The van der Waals surface area contributed by atoms with E-state index in [0.717, 1.165) is 43.9 Å². The Bertz CT molecular complexity index is 1280. The number of nitrogens with zero attached hydrogens (tertiary/aromatic N) is 2. The lowest BCUT2D eigenvalue weighted by Crippen LogP contribution is -2.81. The lowest BCUT2D eigenvalue weighted by atomic mass is 9.35. The molecule has 3 unspecified atom stereocenters. The molecule has 4 bridgehead atoms. The monoisotopic (exact) mass is 496 g/mol. The molecule has 5 aliphatic carbocycles. The molecule has 0 N–H and O–H groups in total. The first kappa shape index (κ1) is 22.6. The van der Waals surface area contributed by atoms with E-state index in [0.29, 0.717) is 24.8 Å². The second-order valence-electron chi connectivity index (χ2n) is 12.7. The average molecular weight is 497 g/mol. The molecule has 4 saturated carbocycles. The summed E-state index contributed by atoms with van der Waals surface area (Å²) in [5.74, 6) is 2.03. The maximum absolute atomic E-state index is 10.0. The highest BCUT2D eigenvalue weighted by molar-refractivity contribution is 5.63. The zero-order valence-electron chi connectivity index (χ0n) is 21.7. The van der Waals surface area contributed by atoms with Crippen molar-refractivity contribution in [3.05, 3.63) is 64.7 Å². The predicted octanol–water partition coefficient (Wildman–Crippen LogP) is 5.00. The standard InChI is InChI=1S/C32H36N2O3/c1-35-32-12-11-30(16-25(32)20-36-19-22-5-3-2-4-6-22)26-15-23-9-10-24(17-33)28-27(23)31(30,29(32)37-28)13-14-34(26)18-21-7-8-21/h2-6,9-10,21,25-26,29H,7-8,11-16,18-20H2,1H3/t25-,26-,29-,30?,31?,32?/m1/s1. The molecule has 2 aromatic carbocycles. The van der Waals surface area contributed by atoms with Crippen molar-refractivity contribution in [3.63, 3.8) is 0 Å².